The van der Waals surface area contributed by atoms with Crippen LogP contribution in [-0.2, 0) is 12.8 Å². The predicted octanol–water partition coefficient (Wildman–Crippen LogP) is 4.71. The molecule has 1 aliphatic heterocycles. The van der Waals surface area contributed by atoms with Gasteiger partial charge in [0, 0.05) is 43.3 Å². The van der Waals surface area contributed by atoms with Gasteiger partial charge in [-0.3, -0.25) is 4.98 Å². The van der Waals surface area contributed by atoms with E-state index in [-0.39, 0.29) is 17.9 Å². The van der Waals surface area contributed by atoms with E-state index in [0.29, 0.717) is 46.8 Å². The van der Waals surface area contributed by atoms with Crippen molar-refractivity contribution in [3.8, 4) is 16.9 Å². The summed E-state index contributed by atoms with van der Waals surface area (Å²) in [6.45, 7) is 0.613. The lowest BCUT2D eigenvalue weighted by Crippen LogP contribution is -2.31. The van der Waals surface area contributed by atoms with Gasteiger partial charge < -0.3 is 15.0 Å². The third kappa shape index (κ3) is 4.49. The minimum atomic E-state index is -0.331. The van der Waals surface area contributed by atoms with Crippen molar-refractivity contribution < 1.29 is 13.9 Å². The number of likely N-dealkylation sites (N-methyl/N-ethyl adjacent to an activating group) is 1. The Hall–Kier alpha value is -3.12. The first kappa shape index (κ1) is 21.1. The molecule has 1 aliphatic rings. The number of urea groups is 1. The zero-order valence-electron chi connectivity index (χ0n) is 17.4. The number of methoxy groups -OCH3 is 1. The van der Waals surface area contributed by atoms with Crippen molar-refractivity contribution in [1.82, 2.24) is 15.2 Å². The highest BCUT2D eigenvalue weighted by atomic mass is 35.5. The van der Waals surface area contributed by atoms with Gasteiger partial charge in [0.15, 0.2) is 0 Å². The van der Waals surface area contributed by atoms with Gasteiger partial charge in [0.05, 0.1) is 18.7 Å². The van der Waals surface area contributed by atoms with E-state index in [1.165, 1.54) is 7.11 Å². The Morgan fingerprint density at radius 2 is 2.10 bits per heavy atom. The number of hydrogen-bond acceptors (Lipinski definition) is 3. The number of aromatic nitrogens is 1. The molecule has 5 nitrogen and oxygen atoms in total. The van der Waals surface area contributed by atoms with Gasteiger partial charge in [-0.2, -0.15) is 0 Å². The van der Waals surface area contributed by atoms with Crippen LogP contribution in [0.4, 0.5) is 9.18 Å². The normalized spacial score (nSPS) is 15.8. The lowest BCUT2D eigenvalue weighted by atomic mass is 9.97. The van der Waals surface area contributed by atoms with Crippen LogP contribution in [0.2, 0.25) is 5.02 Å². The molecule has 1 N–H and O–H groups in total. The van der Waals surface area contributed by atoms with Gasteiger partial charge in [0.1, 0.15) is 11.6 Å². The Bertz CT molecular complexity index is 1100. The van der Waals surface area contributed by atoms with Crippen LogP contribution in [0.1, 0.15) is 16.8 Å². The molecule has 2 aromatic carbocycles. The van der Waals surface area contributed by atoms with Crippen molar-refractivity contribution in [3.63, 3.8) is 0 Å². The highest BCUT2D eigenvalue weighted by Crippen LogP contribution is 2.36. The van der Waals surface area contributed by atoms with E-state index in [1.807, 2.05) is 18.2 Å². The molecule has 0 saturated carbocycles. The lowest BCUT2D eigenvalue weighted by molar-refractivity contribution is 0.216. The second-order valence-corrected chi connectivity index (χ2v) is 8.05. The Labute approximate surface area is 185 Å². The second-order valence-electron chi connectivity index (χ2n) is 7.62. The number of carbonyl (C=O) groups is 1. The quantitative estimate of drug-likeness (QED) is 0.605. The summed E-state index contributed by atoms with van der Waals surface area (Å²) in [6, 6.07) is 14.5. The first-order chi connectivity index (χ1) is 15.0. The van der Waals surface area contributed by atoms with E-state index in [1.54, 1.807) is 48.5 Å². The zero-order chi connectivity index (χ0) is 22.0. The summed E-state index contributed by atoms with van der Waals surface area (Å²) in [4.78, 5) is 17.8. The van der Waals surface area contributed by atoms with Crippen molar-refractivity contribution in [1.29, 1.82) is 0 Å². The van der Waals surface area contributed by atoms with Gasteiger partial charge in [0.2, 0.25) is 0 Å². The molecule has 4 rings (SSSR count). The number of nitrogens with zero attached hydrogens (tertiary/aromatic N) is 2. The summed E-state index contributed by atoms with van der Waals surface area (Å²) in [5, 5.41) is 3.36. The molecule has 7 heteroatoms. The van der Waals surface area contributed by atoms with E-state index < -0.39 is 0 Å². The highest BCUT2D eigenvalue weighted by Gasteiger charge is 2.27. The van der Waals surface area contributed by atoms with Gasteiger partial charge in [-0.15, -0.1) is 0 Å². The fraction of sp³-hybridized carbons (Fsp3) is 0.250. The van der Waals surface area contributed by atoms with Crippen LogP contribution in [0.5, 0.6) is 5.75 Å². The summed E-state index contributed by atoms with van der Waals surface area (Å²) in [5.41, 5.74) is 3.41. The first-order valence-electron chi connectivity index (χ1n) is 10.0. The van der Waals surface area contributed by atoms with Crippen molar-refractivity contribution in [2.24, 2.45) is 0 Å². The monoisotopic (exact) mass is 439 g/mol. The molecule has 1 fully saturated rings. The molecule has 160 valence electrons. The molecule has 1 atom stereocenters. The maximum Gasteiger partial charge on any atom is 0.317 e. The fourth-order valence-electron chi connectivity index (χ4n) is 3.80. The van der Waals surface area contributed by atoms with E-state index in [0.717, 1.165) is 11.3 Å². The van der Waals surface area contributed by atoms with Crippen LogP contribution in [0.3, 0.4) is 0 Å². The van der Waals surface area contributed by atoms with Crippen LogP contribution >= 0.6 is 11.6 Å². The molecule has 0 bridgehead atoms. The maximum absolute atomic E-state index is 15.5. The van der Waals surface area contributed by atoms with E-state index in [2.05, 4.69) is 10.3 Å². The maximum atomic E-state index is 15.5. The molecule has 1 unspecified atom stereocenters. The number of ether oxygens (including phenoxy) is 1. The lowest BCUT2D eigenvalue weighted by Gasteiger charge is -2.17. The SMILES string of the molecule is COc1ccc(Cc2ccc(CC3CNC(=O)N3C)nc2)c(F)c1-c1cccc(Cl)c1. The zero-order valence-corrected chi connectivity index (χ0v) is 18.1. The van der Waals surface area contributed by atoms with Crippen molar-refractivity contribution >= 4 is 17.6 Å². The molecule has 0 aliphatic carbocycles. The fourth-order valence-corrected chi connectivity index (χ4v) is 3.99. The molecule has 2 heterocycles. The molecule has 2 amide bonds. The number of halogens is 2. The summed E-state index contributed by atoms with van der Waals surface area (Å²) in [7, 11) is 3.31. The molecule has 3 aromatic rings. The van der Waals surface area contributed by atoms with Crippen LogP contribution in [0.25, 0.3) is 11.1 Å². The van der Waals surface area contributed by atoms with E-state index in [4.69, 9.17) is 16.3 Å². The molecule has 0 radical (unpaired) electrons. The van der Waals surface area contributed by atoms with Gasteiger partial charge in [0.25, 0.3) is 0 Å². The Kier molecular flexibility index (Phi) is 6.09. The predicted molar refractivity (Wildman–Crippen MR) is 119 cm³/mol. The molecule has 0 spiro atoms. The first-order valence-corrected chi connectivity index (χ1v) is 10.4. The molecule has 1 saturated heterocycles. The number of amides is 2. The third-order valence-corrected chi connectivity index (χ3v) is 5.83. The molecule has 31 heavy (non-hydrogen) atoms. The second kappa shape index (κ2) is 8.94. The topological polar surface area (TPSA) is 54.5 Å². The van der Waals surface area contributed by atoms with Crippen LogP contribution in [0, 0.1) is 5.82 Å². The largest absolute Gasteiger partial charge is 0.496 e. The van der Waals surface area contributed by atoms with Crippen LogP contribution in [0.15, 0.2) is 54.7 Å². The van der Waals surface area contributed by atoms with Crippen LogP contribution < -0.4 is 10.1 Å². The number of benzene rings is 2. The summed E-state index contributed by atoms with van der Waals surface area (Å²) in [5.74, 6) is 0.128. The van der Waals surface area contributed by atoms with Crippen molar-refractivity contribution in [2.75, 3.05) is 20.7 Å². The van der Waals surface area contributed by atoms with Gasteiger partial charge in [-0.05, 0) is 41.0 Å². The standard InChI is InChI=1S/C24H23ClFN3O2/c1-29-20(14-28-24(29)30)12-19-8-6-15(13-27-19)10-17-7-9-21(31-2)22(23(17)26)16-4-3-5-18(25)11-16/h3-9,11,13,20H,10,12,14H2,1-2H3,(H,28,30). The summed E-state index contributed by atoms with van der Waals surface area (Å²) in [6.07, 6.45) is 2.84. The average molecular weight is 440 g/mol. The average Bonchev–Trinajstić information content (AvgIpc) is 3.08. The number of nitrogens with one attached hydrogen (secondary N) is 1. The van der Waals surface area contributed by atoms with E-state index in [9.17, 15) is 4.79 Å². The van der Waals surface area contributed by atoms with E-state index >= 15 is 4.39 Å². The molecular weight excluding hydrogens is 417 g/mol. The minimum absolute atomic E-state index is 0.0629. The van der Waals surface area contributed by atoms with Gasteiger partial charge >= 0.3 is 6.03 Å². The summed E-state index contributed by atoms with van der Waals surface area (Å²) < 4.78 is 20.9. The van der Waals surface area contributed by atoms with Gasteiger partial charge in [-0.1, -0.05) is 35.9 Å². The molecule has 1 aromatic heterocycles. The highest BCUT2D eigenvalue weighted by molar-refractivity contribution is 6.30. The number of rotatable bonds is 6. The number of pyridine rings is 1. The van der Waals surface area contributed by atoms with Crippen molar-refractivity contribution in [3.05, 3.63) is 82.4 Å². The third-order valence-electron chi connectivity index (χ3n) is 5.60. The molecular formula is C24H23ClFN3O2. The Balaban J connectivity index is 1.55. The van der Waals surface area contributed by atoms with Crippen molar-refractivity contribution in [2.45, 2.75) is 18.9 Å². The minimum Gasteiger partial charge on any atom is -0.496 e. The smallest absolute Gasteiger partial charge is 0.317 e. The van der Waals surface area contributed by atoms with Crippen LogP contribution in [-0.4, -0.2) is 42.7 Å². The van der Waals surface area contributed by atoms with Gasteiger partial charge in [-0.25, -0.2) is 9.18 Å². The summed E-state index contributed by atoms with van der Waals surface area (Å²) >= 11 is 6.11. The number of hydrogen-bond donors (Lipinski definition) is 1. The number of carbonyl (C=O) groups excluding carboxylic acids is 1. The Morgan fingerprint density at radius 3 is 2.74 bits per heavy atom. The Morgan fingerprint density at radius 1 is 1.26 bits per heavy atom.